The van der Waals surface area contributed by atoms with Crippen LogP contribution in [-0.4, -0.2) is 30.8 Å². The third-order valence-electron chi connectivity index (χ3n) is 3.16. The van der Waals surface area contributed by atoms with Crippen LogP contribution in [0.25, 0.3) is 0 Å². The van der Waals surface area contributed by atoms with E-state index in [-0.39, 0.29) is 24.2 Å². The zero-order valence-electron chi connectivity index (χ0n) is 11.0. The van der Waals surface area contributed by atoms with Gasteiger partial charge in [0.2, 0.25) is 5.91 Å². The highest BCUT2D eigenvalue weighted by Crippen LogP contribution is 2.29. The number of hydrogen-bond donors (Lipinski definition) is 1. The lowest BCUT2D eigenvalue weighted by atomic mass is 9.85. The molecular weight excluding hydrogens is 242 g/mol. The number of amides is 1. The molecule has 1 N–H and O–H groups in total. The molecule has 3 atom stereocenters. The van der Waals surface area contributed by atoms with Crippen LogP contribution in [0.3, 0.4) is 0 Å². The lowest BCUT2D eigenvalue weighted by molar-refractivity contribution is -0.128. The Labute approximate surface area is 113 Å². The maximum absolute atomic E-state index is 11.4. The standard InChI is InChI=1S/C15H19NO3/c1-3-14(17)16-12-10-13(18-4-2)15(12)19-11-8-6-5-7-9-11/h3,5-9,12-13,15H,1,4,10H2,2H3,(H,16,17)/t12-,13-,15+/m1/s1. The summed E-state index contributed by atoms with van der Waals surface area (Å²) in [5, 5.41) is 2.86. The van der Waals surface area contributed by atoms with E-state index in [4.69, 9.17) is 9.47 Å². The highest BCUT2D eigenvalue weighted by atomic mass is 16.5. The van der Waals surface area contributed by atoms with Gasteiger partial charge in [-0.15, -0.1) is 0 Å². The van der Waals surface area contributed by atoms with Crippen molar-refractivity contribution in [2.75, 3.05) is 6.61 Å². The summed E-state index contributed by atoms with van der Waals surface area (Å²) in [4.78, 5) is 11.4. The van der Waals surface area contributed by atoms with Crippen LogP contribution in [0.15, 0.2) is 43.0 Å². The summed E-state index contributed by atoms with van der Waals surface area (Å²) in [7, 11) is 0. The molecule has 1 aromatic carbocycles. The monoisotopic (exact) mass is 261 g/mol. The van der Waals surface area contributed by atoms with Crippen molar-refractivity contribution in [3.63, 3.8) is 0 Å². The smallest absolute Gasteiger partial charge is 0.243 e. The number of benzene rings is 1. The summed E-state index contributed by atoms with van der Waals surface area (Å²) < 4.78 is 11.5. The van der Waals surface area contributed by atoms with E-state index in [2.05, 4.69) is 11.9 Å². The molecule has 0 radical (unpaired) electrons. The summed E-state index contributed by atoms with van der Waals surface area (Å²) in [6.07, 6.45) is 1.92. The van der Waals surface area contributed by atoms with Crippen molar-refractivity contribution < 1.29 is 14.3 Å². The highest BCUT2D eigenvalue weighted by Gasteiger charge is 2.44. The molecule has 4 heteroatoms. The Hall–Kier alpha value is -1.81. The average molecular weight is 261 g/mol. The zero-order chi connectivity index (χ0) is 13.7. The van der Waals surface area contributed by atoms with Crippen LogP contribution in [0, 0.1) is 0 Å². The van der Waals surface area contributed by atoms with Crippen molar-refractivity contribution in [1.29, 1.82) is 0 Å². The molecule has 1 saturated carbocycles. The van der Waals surface area contributed by atoms with E-state index in [1.807, 2.05) is 37.3 Å². The van der Waals surface area contributed by atoms with E-state index in [9.17, 15) is 4.79 Å². The van der Waals surface area contributed by atoms with Gasteiger partial charge < -0.3 is 14.8 Å². The van der Waals surface area contributed by atoms with Crippen molar-refractivity contribution >= 4 is 5.91 Å². The number of nitrogens with one attached hydrogen (secondary N) is 1. The zero-order valence-corrected chi connectivity index (χ0v) is 11.0. The third-order valence-corrected chi connectivity index (χ3v) is 3.16. The van der Waals surface area contributed by atoms with Crippen molar-refractivity contribution in [1.82, 2.24) is 5.32 Å². The lowest BCUT2D eigenvalue weighted by Crippen LogP contribution is -2.62. The molecule has 0 aromatic heterocycles. The number of carbonyl (C=O) groups is 1. The minimum Gasteiger partial charge on any atom is -0.486 e. The van der Waals surface area contributed by atoms with Gasteiger partial charge in [-0.25, -0.2) is 0 Å². The van der Waals surface area contributed by atoms with Gasteiger partial charge in [-0.3, -0.25) is 4.79 Å². The maximum Gasteiger partial charge on any atom is 0.243 e. The molecular formula is C15H19NO3. The first-order chi connectivity index (χ1) is 9.24. The maximum atomic E-state index is 11.4. The molecule has 0 spiro atoms. The number of carbonyl (C=O) groups excluding carboxylic acids is 1. The van der Waals surface area contributed by atoms with Crippen molar-refractivity contribution in [2.45, 2.75) is 31.6 Å². The first-order valence-electron chi connectivity index (χ1n) is 6.50. The largest absolute Gasteiger partial charge is 0.486 e. The van der Waals surface area contributed by atoms with Gasteiger partial charge in [0.05, 0.1) is 12.1 Å². The molecule has 0 unspecified atom stereocenters. The Bertz CT molecular complexity index is 432. The van der Waals surface area contributed by atoms with Gasteiger partial charge in [0.1, 0.15) is 11.9 Å². The van der Waals surface area contributed by atoms with E-state index in [1.54, 1.807) is 0 Å². The van der Waals surface area contributed by atoms with Crippen molar-refractivity contribution in [2.24, 2.45) is 0 Å². The molecule has 1 aliphatic rings. The van der Waals surface area contributed by atoms with E-state index < -0.39 is 0 Å². The molecule has 19 heavy (non-hydrogen) atoms. The molecule has 0 bridgehead atoms. The molecule has 1 fully saturated rings. The summed E-state index contributed by atoms with van der Waals surface area (Å²) >= 11 is 0. The quantitative estimate of drug-likeness (QED) is 0.796. The van der Waals surface area contributed by atoms with Crippen molar-refractivity contribution in [3.8, 4) is 5.75 Å². The average Bonchev–Trinajstić information content (AvgIpc) is 2.44. The Morgan fingerprint density at radius 3 is 2.84 bits per heavy atom. The predicted octanol–water partition coefficient (Wildman–Crippen LogP) is 1.91. The molecule has 1 aromatic rings. The van der Waals surface area contributed by atoms with Crippen LogP contribution in [-0.2, 0) is 9.53 Å². The van der Waals surface area contributed by atoms with E-state index in [1.165, 1.54) is 6.08 Å². The molecule has 0 heterocycles. The van der Waals surface area contributed by atoms with Gasteiger partial charge in [0, 0.05) is 13.0 Å². The van der Waals surface area contributed by atoms with E-state index in [0.717, 1.165) is 12.2 Å². The Morgan fingerprint density at radius 2 is 2.21 bits per heavy atom. The van der Waals surface area contributed by atoms with E-state index in [0.29, 0.717) is 6.61 Å². The van der Waals surface area contributed by atoms with Crippen LogP contribution in [0.4, 0.5) is 0 Å². The minimum absolute atomic E-state index is 0.0257. The van der Waals surface area contributed by atoms with Gasteiger partial charge >= 0.3 is 0 Å². The summed E-state index contributed by atoms with van der Waals surface area (Å²) in [6, 6.07) is 9.54. The molecule has 1 amide bonds. The fourth-order valence-electron chi connectivity index (χ4n) is 2.16. The number of rotatable bonds is 6. The second-order valence-corrected chi connectivity index (χ2v) is 4.44. The highest BCUT2D eigenvalue weighted by molar-refractivity contribution is 5.87. The summed E-state index contributed by atoms with van der Waals surface area (Å²) in [5.41, 5.74) is 0. The Kier molecular flexibility index (Phi) is 4.58. The molecule has 1 aliphatic carbocycles. The third kappa shape index (κ3) is 3.35. The molecule has 4 nitrogen and oxygen atoms in total. The summed E-state index contributed by atoms with van der Waals surface area (Å²) in [5.74, 6) is 0.608. The number of ether oxygens (including phenoxy) is 2. The van der Waals surface area contributed by atoms with Crippen LogP contribution in [0.1, 0.15) is 13.3 Å². The van der Waals surface area contributed by atoms with E-state index >= 15 is 0 Å². The van der Waals surface area contributed by atoms with Gasteiger partial charge in [0.25, 0.3) is 0 Å². The first kappa shape index (κ1) is 13.6. The van der Waals surface area contributed by atoms with Crippen molar-refractivity contribution in [3.05, 3.63) is 43.0 Å². The topological polar surface area (TPSA) is 47.6 Å². The minimum atomic E-state index is -0.179. The fraction of sp³-hybridized carbons (Fsp3) is 0.400. The number of para-hydroxylation sites is 1. The van der Waals surface area contributed by atoms with Crippen LogP contribution in [0.2, 0.25) is 0 Å². The lowest BCUT2D eigenvalue weighted by Gasteiger charge is -2.43. The molecule has 2 rings (SSSR count). The Morgan fingerprint density at radius 1 is 1.47 bits per heavy atom. The molecule has 0 aliphatic heterocycles. The van der Waals surface area contributed by atoms with Gasteiger partial charge in [-0.2, -0.15) is 0 Å². The second-order valence-electron chi connectivity index (χ2n) is 4.44. The first-order valence-corrected chi connectivity index (χ1v) is 6.50. The normalized spacial score (nSPS) is 25.2. The summed E-state index contributed by atoms with van der Waals surface area (Å²) in [6.45, 7) is 6.05. The van der Waals surface area contributed by atoms with Gasteiger partial charge in [-0.1, -0.05) is 24.8 Å². The Balaban J connectivity index is 1.98. The second kappa shape index (κ2) is 6.38. The fourth-order valence-corrected chi connectivity index (χ4v) is 2.16. The number of hydrogen-bond acceptors (Lipinski definition) is 3. The molecule has 102 valence electrons. The van der Waals surface area contributed by atoms with Crippen LogP contribution < -0.4 is 10.1 Å². The van der Waals surface area contributed by atoms with Gasteiger partial charge in [0.15, 0.2) is 0 Å². The van der Waals surface area contributed by atoms with Crippen LogP contribution in [0.5, 0.6) is 5.75 Å². The SMILES string of the molecule is C=CC(=O)N[C@@H]1C[C@@H](OCC)[C@H]1Oc1ccccc1. The van der Waals surface area contributed by atoms with Gasteiger partial charge in [-0.05, 0) is 25.1 Å². The van der Waals surface area contributed by atoms with Crippen LogP contribution >= 0.6 is 0 Å². The predicted molar refractivity (Wildman–Crippen MR) is 73.0 cm³/mol. The molecule has 0 saturated heterocycles.